The molecule has 1 aliphatic rings. The van der Waals surface area contributed by atoms with Gasteiger partial charge in [-0.15, -0.1) is 0 Å². The first-order valence-electron chi connectivity index (χ1n) is 6.14. The summed E-state index contributed by atoms with van der Waals surface area (Å²) in [6.07, 6.45) is 6.14. The van der Waals surface area contributed by atoms with E-state index in [0.29, 0.717) is 12.5 Å². The molecule has 0 unspecified atom stereocenters. The van der Waals surface area contributed by atoms with E-state index < -0.39 is 0 Å². The van der Waals surface area contributed by atoms with Crippen molar-refractivity contribution in [3.63, 3.8) is 0 Å². The van der Waals surface area contributed by atoms with Crippen LogP contribution in [0.25, 0.3) is 0 Å². The molecular weight excluding hydrogens is 212 g/mol. The normalized spacial score (nSPS) is 23.4. The summed E-state index contributed by atoms with van der Waals surface area (Å²) in [6, 6.07) is 9.80. The topological polar surface area (TPSA) is 26.3 Å². The Morgan fingerprint density at radius 2 is 2.12 bits per heavy atom. The first-order chi connectivity index (χ1) is 8.27. The fourth-order valence-electron chi connectivity index (χ4n) is 2.15. The predicted molar refractivity (Wildman–Crippen MR) is 67.3 cm³/mol. The van der Waals surface area contributed by atoms with Crippen LogP contribution in [-0.4, -0.2) is 5.97 Å². The third kappa shape index (κ3) is 3.19. The van der Waals surface area contributed by atoms with Crippen LogP contribution in [-0.2, 0) is 16.1 Å². The number of benzene rings is 1. The smallest absolute Gasteiger partial charge is 0.309 e. The van der Waals surface area contributed by atoms with Gasteiger partial charge in [0, 0.05) is 0 Å². The highest BCUT2D eigenvalue weighted by Crippen LogP contribution is 2.25. The second-order valence-electron chi connectivity index (χ2n) is 4.56. The van der Waals surface area contributed by atoms with Crippen molar-refractivity contribution >= 4 is 5.97 Å². The SMILES string of the molecule is C[C@H]1C=CCC[C@@H]1C(=O)OCc1ccccc1. The van der Waals surface area contributed by atoms with Crippen LogP contribution in [0.3, 0.4) is 0 Å². The Morgan fingerprint density at radius 3 is 2.82 bits per heavy atom. The van der Waals surface area contributed by atoms with Crippen LogP contribution < -0.4 is 0 Å². The van der Waals surface area contributed by atoms with Gasteiger partial charge in [0.05, 0.1) is 5.92 Å². The van der Waals surface area contributed by atoms with Crippen molar-refractivity contribution in [2.75, 3.05) is 0 Å². The Balaban J connectivity index is 1.87. The van der Waals surface area contributed by atoms with Crippen LogP contribution in [0.1, 0.15) is 25.3 Å². The molecular formula is C15H18O2. The lowest BCUT2D eigenvalue weighted by Gasteiger charge is -2.22. The minimum Gasteiger partial charge on any atom is -0.461 e. The minimum absolute atomic E-state index is 0.0312. The van der Waals surface area contributed by atoms with Gasteiger partial charge in [-0.1, -0.05) is 49.4 Å². The molecule has 0 aromatic heterocycles. The van der Waals surface area contributed by atoms with Crippen LogP contribution in [0.4, 0.5) is 0 Å². The van der Waals surface area contributed by atoms with Crippen LogP contribution in [0, 0.1) is 11.8 Å². The molecule has 2 atom stereocenters. The summed E-state index contributed by atoms with van der Waals surface area (Å²) in [5.74, 6) is 0.265. The monoisotopic (exact) mass is 230 g/mol. The van der Waals surface area contributed by atoms with Crippen LogP contribution >= 0.6 is 0 Å². The molecule has 2 nitrogen and oxygen atoms in total. The zero-order valence-electron chi connectivity index (χ0n) is 10.1. The molecule has 1 aromatic rings. The molecule has 17 heavy (non-hydrogen) atoms. The molecule has 0 amide bonds. The molecule has 90 valence electrons. The van der Waals surface area contributed by atoms with Gasteiger partial charge in [-0.3, -0.25) is 4.79 Å². The fraction of sp³-hybridized carbons (Fsp3) is 0.400. The maximum atomic E-state index is 11.9. The Morgan fingerprint density at radius 1 is 1.35 bits per heavy atom. The molecule has 0 heterocycles. The molecule has 0 aliphatic heterocycles. The van der Waals surface area contributed by atoms with Crippen molar-refractivity contribution in [3.8, 4) is 0 Å². The fourth-order valence-corrected chi connectivity index (χ4v) is 2.15. The Labute approximate surface area is 102 Å². The first-order valence-corrected chi connectivity index (χ1v) is 6.14. The highest BCUT2D eigenvalue weighted by molar-refractivity contribution is 5.73. The van der Waals surface area contributed by atoms with Crippen molar-refractivity contribution in [1.29, 1.82) is 0 Å². The maximum absolute atomic E-state index is 11.9. The van der Waals surface area contributed by atoms with E-state index in [2.05, 4.69) is 19.1 Å². The van der Waals surface area contributed by atoms with Crippen LogP contribution in [0.15, 0.2) is 42.5 Å². The second-order valence-corrected chi connectivity index (χ2v) is 4.56. The molecule has 1 aromatic carbocycles. The standard InChI is InChI=1S/C15H18O2/c1-12-7-5-6-10-14(12)15(16)17-11-13-8-3-2-4-9-13/h2-5,7-9,12,14H,6,10-11H2,1H3/t12-,14-/m0/s1. The molecule has 0 fully saturated rings. The van der Waals surface area contributed by atoms with Gasteiger partial charge in [-0.2, -0.15) is 0 Å². The predicted octanol–water partition coefficient (Wildman–Crippen LogP) is 3.33. The zero-order chi connectivity index (χ0) is 12.1. The third-order valence-electron chi connectivity index (χ3n) is 3.25. The van der Waals surface area contributed by atoms with Gasteiger partial charge < -0.3 is 4.74 Å². The van der Waals surface area contributed by atoms with E-state index in [0.717, 1.165) is 18.4 Å². The van der Waals surface area contributed by atoms with Gasteiger partial charge in [0.15, 0.2) is 0 Å². The highest BCUT2D eigenvalue weighted by atomic mass is 16.5. The number of rotatable bonds is 3. The number of hydrogen-bond acceptors (Lipinski definition) is 2. The Bertz CT molecular complexity index is 395. The molecule has 0 bridgehead atoms. The third-order valence-corrected chi connectivity index (χ3v) is 3.25. The molecule has 2 rings (SSSR count). The second kappa shape index (κ2) is 5.67. The molecule has 0 spiro atoms. The van der Waals surface area contributed by atoms with Crippen molar-refractivity contribution in [1.82, 2.24) is 0 Å². The van der Waals surface area contributed by atoms with Crippen molar-refractivity contribution in [3.05, 3.63) is 48.0 Å². The molecule has 0 saturated carbocycles. The summed E-state index contributed by atoms with van der Waals surface area (Å²) >= 11 is 0. The summed E-state index contributed by atoms with van der Waals surface area (Å²) in [6.45, 7) is 2.46. The highest BCUT2D eigenvalue weighted by Gasteiger charge is 2.26. The summed E-state index contributed by atoms with van der Waals surface area (Å²) in [5.41, 5.74) is 1.04. The maximum Gasteiger partial charge on any atom is 0.309 e. The van der Waals surface area contributed by atoms with E-state index in [9.17, 15) is 4.79 Å². The van der Waals surface area contributed by atoms with Crippen LogP contribution in [0.5, 0.6) is 0 Å². The number of esters is 1. The van der Waals surface area contributed by atoms with Crippen molar-refractivity contribution < 1.29 is 9.53 Å². The van der Waals surface area contributed by atoms with E-state index in [1.54, 1.807) is 0 Å². The first kappa shape index (κ1) is 11.9. The van der Waals surface area contributed by atoms with Gasteiger partial charge in [-0.05, 0) is 24.3 Å². The van der Waals surface area contributed by atoms with E-state index in [-0.39, 0.29) is 11.9 Å². The van der Waals surface area contributed by atoms with Gasteiger partial charge in [0.25, 0.3) is 0 Å². The number of ether oxygens (including phenoxy) is 1. The van der Waals surface area contributed by atoms with E-state index in [4.69, 9.17) is 4.74 Å². The zero-order valence-corrected chi connectivity index (χ0v) is 10.1. The average molecular weight is 230 g/mol. The lowest BCUT2D eigenvalue weighted by molar-refractivity contribution is -0.151. The molecule has 2 heteroatoms. The summed E-state index contributed by atoms with van der Waals surface area (Å²) < 4.78 is 5.37. The quantitative estimate of drug-likeness (QED) is 0.588. The van der Waals surface area contributed by atoms with E-state index in [1.165, 1.54) is 0 Å². The van der Waals surface area contributed by atoms with Gasteiger partial charge in [-0.25, -0.2) is 0 Å². The minimum atomic E-state index is -0.0642. The average Bonchev–Trinajstić information content (AvgIpc) is 2.38. The number of hydrogen-bond donors (Lipinski definition) is 0. The van der Waals surface area contributed by atoms with Crippen LogP contribution in [0.2, 0.25) is 0 Å². The Kier molecular flexibility index (Phi) is 3.97. The number of carbonyl (C=O) groups is 1. The number of allylic oxidation sites excluding steroid dienone is 2. The lowest BCUT2D eigenvalue weighted by atomic mass is 9.85. The van der Waals surface area contributed by atoms with Crippen molar-refractivity contribution in [2.45, 2.75) is 26.4 Å². The number of carbonyl (C=O) groups excluding carboxylic acids is 1. The molecule has 0 N–H and O–H groups in total. The molecule has 1 aliphatic carbocycles. The molecule has 0 saturated heterocycles. The van der Waals surface area contributed by atoms with Gasteiger partial charge in [0.2, 0.25) is 0 Å². The van der Waals surface area contributed by atoms with E-state index >= 15 is 0 Å². The van der Waals surface area contributed by atoms with Gasteiger partial charge in [0.1, 0.15) is 6.61 Å². The summed E-state index contributed by atoms with van der Waals surface area (Å²) in [5, 5.41) is 0. The lowest BCUT2D eigenvalue weighted by Crippen LogP contribution is -2.24. The summed E-state index contributed by atoms with van der Waals surface area (Å²) in [4.78, 5) is 11.9. The van der Waals surface area contributed by atoms with E-state index in [1.807, 2.05) is 30.3 Å². The van der Waals surface area contributed by atoms with Crippen molar-refractivity contribution in [2.24, 2.45) is 11.8 Å². The summed E-state index contributed by atoms with van der Waals surface area (Å²) in [7, 11) is 0. The Hall–Kier alpha value is -1.57. The van der Waals surface area contributed by atoms with Gasteiger partial charge >= 0.3 is 5.97 Å². The molecule has 0 radical (unpaired) electrons. The largest absolute Gasteiger partial charge is 0.461 e.